The molecule has 4 heterocycles. The van der Waals surface area contributed by atoms with Crippen molar-refractivity contribution in [1.82, 2.24) is 24.7 Å². The van der Waals surface area contributed by atoms with E-state index in [-0.39, 0.29) is 26.5 Å². The molecule has 22 heteroatoms. The number of anilines is 1. The molecule has 9 N–H and O–H groups in total. The van der Waals surface area contributed by atoms with Gasteiger partial charge >= 0.3 is 22.2 Å². The summed E-state index contributed by atoms with van der Waals surface area (Å²) >= 11 is 0.829. The molecule has 4 rings (SSSR count). The highest BCUT2D eigenvalue weighted by Crippen LogP contribution is 2.31. The number of aliphatic carboxylic acids is 1. The summed E-state index contributed by atoms with van der Waals surface area (Å²) < 4.78 is 48.5. The number of aromatic amines is 1. The minimum Gasteiger partial charge on any atom is -0.503 e. The number of nitrogens with zero attached hydrogens (tertiary/aromatic N) is 3. The Morgan fingerprint density at radius 1 is 1.27 bits per heavy atom. The van der Waals surface area contributed by atoms with Gasteiger partial charge in [0.05, 0.1) is 5.69 Å². The number of thiazole rings is 1. The molecule has 3 aromatic heterocycles. The van der Waals surface area contributed by atoms with Crippen LogP contribution < -0.4 is 22.2 Å². The molecule has 0 unspecified atom stereocenters. The predicted molar refractivity (Wildman–Crippen MR) is 144 cm³/mol. The van der Waals surface area contributed by atoms with Crippen LogP contribution in [0.3, 0.4) is 0 Å². The van der Waals surface area contributed by atoms with Crippen LogP contribution in [0.5, 0.6) is 5.75 Å². The number of carbonyl (C=O) groups is 4. The van der Waals surface area contributed by atoms with E-state index in [4.69, 9.17) is 25.5 Å². The van der Waals surface area contributed by atoms with Gasteiger partial charge in [0, 0.05) is 23.7 Å². The highest BCUT2D eigenvalue weighted by atomic mass is 32.2. The second-order valence-corrected chi connectivity index (χ2v) is 11.8. The summed E-state index contributed by atoms with van der Waals surface area (Å²) in [6.07, 6.45) is 0.976. The molecule has 44 heavy (non-hydrogen) atoms. The first-order valence-corrected chi connectivity index (χ1v) is 14.2. The van der Waals surface area contributed by atoms with Crippen LogP contribution in [-0.2, 0) is 39.9 Å². The average molecular weight is 658 g/mol. The topological polar surface area (TPSA) is 321 Å². The number of carboxylic acid groups (broad SMARTS) is 1. The number of nitrogens with two attached hydrogens (primary N) is 2. The molecule has 1 saturated heterocycles. The zero-order valence-electron chi connectivity index (χ0n) is 22.4. The third kappa shape index (κ3) is 6.09. The van der Waals surface area contributed by atoms with Crippen molar-refractivity contribution in [3.05, 3.63) is 45.4 Å². The number of pyridine rings is 1. The molecule has 3 atom stereocenters. The van der Waals surface area contributed by atoms with Gasteiger partial charge < -0.3 is 40.2 Å². The van der Waals surface area contributed by atoms with Gasteiger partial charge in [0.15, 0.2) is 16.5 Å². The van der Waals surface area contributed by atoms with Crippen LogP contribution in [0.1, 0.15) is 30.1 Å². The van der Waals surface area contributed by atoms with Gasteiger partial charge in [0.2, 0.25) is 16.9 Å². The molecule has 1 fully saturated rings. The lowest BCUT2D eigenvalue weighted by Crippen LogP contribution is -2.75. The molecule has 0 spiro atoms. The Morgan fingerprint density at radius 2 is 1.95 bits per heavy atom. The number of hydrogen-bond donors (Lipinski definition) is 7. The Bertz CT molecular complexity index is 1820. The number of β-lactam (4-membered cyclic amide) rings is 1. The van der Waals surface area contributed by atoms with E-state index < -0.39 is 81.0 Å². The largest absolute Gasteiger partial charge is 0.503 e. The molecule has 0 aromatic carbocycles. The summed E-state index contributed by atoms with van der Waals surface area (Å²) in [5.74, 6) is -6.59. The fraction of sp³-hybridized carbons (Fsp3) is 0.318. The highest BCUT2D eigenvalue weighted by Gasteiger charge is 2.57. The van der Waals surface area contributed by atoms with Gasteiger partial charge in [-0.15, -0.1) is 11.3 Å². The number of aromatic hydroxyl groups is 1. The van der Waals surface area contributed by atoms with Gasteiger partial charge in [-0.1, -0.05) is 5.16 Å². The van der Waals surface area contributed by atoms with Gasteiger partial charge in [-0.05, 0) is 13.8 Å². The Labute approximate surface area is 249 Å². The van der Waals surface area contributed by atoms with Crippen LogP contribution in [-0.4, -0.2) is 90.7 Å². The van der Waals surface area contributed by atoms with E-state index in [1.54, 1.807) is 0 Å². The molecule has 0 radical (unpaired) electrons. The molecular weight excluding hydrogens is 634 g/mol. The number of nitrogens with one attached hydrogen (secondary N) is 2. The fourth-order valence-electron chi connectivity index (χ4n) is 3.84. The Balaban J connectivity index is 1.55. The number of nitrogen functional groups attached to an aromatic ring is 1. The minimum absolute atomic E-state index is 0.0520. The number of ether oxygens (including phenoxy) is 2. The number of esters is 1. The molecular formula is C22H23N7O13S2. The normalized spacial score (nSPS) is 18.3. The van der Waals surface area contributed by atoms with Crippen molar-refractivity contribution in [2.75, 3.05) is 12.3 Å². The van der Waals surface area contributed by atoms with Gasteiger partial charge in [-0.25, -0.2) is 18.9 Å². The molecule has 1 aliphatic rings. The number of carboxylic acids is 1. The maximum Gasteiger partial charge on any atom is 0.377 e. The predicted octanol–water partition coefficient (Wildman–Crippen LogP) is -1.88. The molecule has 20 nitrogen and oxygen atoms in total. The first-order chi connectivity index (χ1) is 20.3. The van der Waals surface area contributed by atoms with E-state index in [1.165, 1.54) is 5.38 Å². The lowest BCUT2D eigenvalue weighted by atomic mass is 9.98. The fourth-order valence-corrected chi connectivity index (χ4v) is 5.31. The van der Waals surface area contributed by atoms with Crippen LogP contribution in [0.4, 0.5) is 5.13 Å². The number of aromatic nitrogens is 3. The monoisotopic (exact) mass is 657 g/mol. The third-order valence-electron chi connectivity index (χ3n) is 6.14. The second-order valence-electron chi connectivity index (χ2n) is 9.63. The van der Waals surface area contributed by atoms with E-state index in [0.717, 1.165) is 43.5 Å². The first-order valence-electron chi connectivity index (χ1n) is 12.0. The molecule has 0 saturated carbocycles. The molecule has 2 amide bonds. The van der Waals surface area contributed by atoms with Crippen molar-refractivity contribution in [2.45, 2.75) is 37.3 Å². The van der Waals surface area contributed by atoms with Gasteiger partial charge in [0.1, 0.15) is 30.1 Å². The maximum atomic E-state index is 13.4. The zero-order chi connectivity index (χ0) is 32.8. The van der Waals surface area contributed by atoms with Crippen molar-refractivity contribution < 1.29 is 56.4 Å². The summed E-state index contributed by atoms with van der Waals surface area (Å²) in [6.45, 7) is 1.21. The van der Waals surface area contributed by atoms with Gasteiger partial charge in [0.25, 0.3) is 11.8 Å². The molecule has 0 bridgehead atoms. The quantitative estimate of drug-likeness (QED) is 0.0513. The Morgan fingerprint density at radius 3 is 2.52 bits per heavy atom. The first kappa shape index (κ1) is 32.0. The molecule has 3 aromatic rings. The second kappa shape index (κ2) is 11.3. The lowest BCUT2D eigenvalue weighted by molar-refractivity contribution is -0.193. The average Bonchev–Trinajstić information content (AvgIpc) is 3.59. The standard InChI is InChI=1S/C22H23N7O13S2/c1-21(2,19(35)36)42-22(24,14-7-43-20(23)26-14)18(34)27-15-10(29(16(15)32)44(37,38)39)6-40-17(33)13-4-9(28-41-13)8-3-11(30)12(31)5-25-8/h3-5,7,10,15,31H,6,24H2,1-2H3,(H2,23,26)(H,25,30)(H,27,34)(H,35,36)(H,37,38,39)/t10-,15+,22+/m1/s1. The summed E-state index contributed by atoms with van der Waals surface area (Å²) in [5, 5.41) is 25.7. The van der Waals surface area contributed by atoms with Crippen LogP contribution >= 0.6 is 11.3 Å². The van der Waals surface area contributed by atoms with Crippen molar-refractivity contribution in [3.63, 3.8) is 0 Å². The van der Waals surface area contributed by atoms with Crippen LogP contribution in [0.25, 0.3) is 11.4 Å². The maximum absolute atomic E-state index is 13.4. The number of H-pyrrole nitrogens is 1. The smallest absolute Gasteiger partial charge is 0.377 e. The number of amides is 2. The van der Waals surface area contributed by atoms with Crippen LogP contribution in [0.15, 0.2) is 33.0 Å². The Hall–Kier alpha value is -4.90. The summed E-state index contributed by atoms with van der Waals surface area (Å²) in [4.78, 5) is 68.4. The van der Waals surface area contributed by atoms with Crippen molar-refractivity contribution in [3.8, 4) is 17.1 Å². The lowest BCUT2D eigenvalue weighted by Gasteiger charge is -2.44. The third-order valence-corrected chi connectivity index (χ3v) is 7.76. The van der Waals surface area contributed by atoms with Crippen LogP contribution in [0, 0.1) is 0 Å². The van der Waals surface area contributed by atoms with Crippen molar-refractivity contribution >= 4 is 50.5 Å². The van der Waals surface area contributed by atoms with E-state index in [0.29, 0.717) is 0 Å². The van der Waals surface area contributed by atoms with E-state index in [2.05, 4.69) is 20.4 Å². The number of hydrogen-bond acceptors (Lipinski definition) is 16. The van der Waals surface area contributed by atoms with Crippen LogP contribution in [0.2, 0.25) is 0 Å². The summed E-state index contributed by atoms with van der Waals surface area (Å²) in [6, 6.07) is -1.50. The summed E-state index contributed by atoms with van der Waals surface area (Å²) in [7, 11) is -5.23. The van der Waals surface area contributed by atoms with Gasteiger partial charge in [-0.2, -0.15) is 8.42 Å². The van der Waals surface area contributed by atoms with Crippen molar-refractivity contribution in [2.24, 2.45) is 5.73 Å². The van der Waals surface area contributed by atoms with E-state index >= 15 is 0 Å². The van der Waals surface area contributed by atoms with Crippen molar-refractivity contribution in [1.29, 1.82) is 0 Å². The summed E-state index contributed by atoms with van der Waals surface area (Å²) in [5.41, 5.74) is 5.92. The molecule has 0 aliphatic carbocycles. The molecule has 1 aliphatic heterocycles. The Kier molecular flexibility index (Phi) is 8.23. The van der Waals surface area contributed by atoms with E-state index in [9.17, 15) is 47.2 Å². The minimum atomic E-state index is -5.23. The number of rotatable bonds is 11. The SMILES string of the molecule is CC(C)(O[C@](N)(C(=O)N[C@@H]1C(=O)N(S(=O)(=O)O)[C@@H]1COC(=O)c1cc(-c2cc(=O)c(O)c[nH]2)no1)c1csc(N)n1)C(=O)O. The zero-order valence-corrected chi connectivity index (χ0v) is 24.0. The van der Waals surface area contributed by atoms with Gasteiger partial charge in [-0.3, -0.25) is 24.7 Å². The number of carbonyl (C=O) groups excluding carboxylic acids is 3. The van der Waals surface area contributed by atoms with E-state index in [1.807, 2.05) is 0 Å². The highest BCUT2D eigenvalue weighted by molar-refractivity contribution is 7.84. The molecule has 236 valence electrons.